The lowest BCUT2D eigenvalue weighted by Gasteiger charge is -1.99. The third-order valence-electron chi connectivity index (χ3n) is 3.62. The molecule has 1 N–H and O–H groups in total. The van der Waals surface area contributed by atoms with E-state index in [1.165, 1.54) is 33.3 Å². The highest BCUT2D eigenvalue weighted by Gasteiger charge is 2.10. The average molecular weight is 235 g/mol. The Kier molecular flexibility index (Phi) is 2.67. The Balaban J connectivity index is 2.29. The van der Waals surface area contributed by atoms with E-state index in [1.807, 2.05) is 0 Å². The fourth-order valence-corrected chi connectivity index (χ4v) is 2.60. The van der Waals surface area contributed by atoms with Crippen LogP contribution in [-0.4, -0.2) is 4.98 Å². The minimum atomic E-state index is 1.06. The number of fused-ring (bicyclic) bond motifs is 1. The minimum Gasteiger partial charge on any atom is -0.354 e. The van der Waals surface area contributed by atoms with E-state index < -0.39 is 0 Å². The number of aromatic amines is 1. The van der Waals surface area contributed by atoms with Crippen molar-refractivity contribution in [1.82, 2.24) is 4.98 Å². The molecule has 2 aromatic carbocycles. The summed E-state index contributed by atoms with van der Waals surface area (Å²) < 4.78 is 0. The van der Waals surface area contributed by atoms with Crippen LogP contribution in [0.1, 0.15) is 18.1 Å². The molecular formula is C17H17N. The van der Waals surface area contributed by atoms with Gasteiger partial charge in [0.05, 0.1) is 0 Å². The Labute approximate surface area is 107 Å². The maximum atomic E-state index is 3.60. The highest BCUT2D eigenvalue weighted by Crippen LogP contribution is 2.31. The van der Waals surface area contributed by atoms with Crippen molar-refractivity contribution >= 4 is 10.9 Å². The van der Waals surface area contributed by atoms with Crippen molar-refractivity contribution in [2.45, 2.75) is 20.3 Å². The lowest BCUT2D eigenvalue weighted by atomic mass is 10.0. The monoisotopic (exact) mass is 235 g/mol. The van der Waals surface area contributed by atoms with Crippen molar-refractivity contribution in [3.05, 3.63) is 59.7 Å². The number of nitrogens with one attached hydrogen (secondary N) is 1. The SMILES string of the molecule is CCc1cccc2c(C)c(-c3ccccc3)[nH]c12. The summed E-state index contributed by atoms with van der Waals surface area (Å²) in [6.45, 7) is 4.40. The van der Waals surface area contributed by atoms with Gasteiger partial charge in [-0.2, -0.15) is 0 Å². The van der Waals surface area contributed by atoms with E-state index in [-0.39, 0.29) is 0 Å². The molecule has 0 radical (unpaired) electrons. The number of aryl methyl sites for hydroxylation is 2. The van der Waals surface area contributed by atoms with Crippen molar-refractivity contribution in [1.29, 1.82) is 0 Å². The van der Waals surface area contributed by atoms with E-state index in [0.717, 1.165) is 6.42 Å². The van der Waals surface area contributed by atoms with Crippen molar-refractivity contribution < 1.29 is 0 Å². The summed E-state index contributed by atoms with van der Waals surface area (Å²) in [5.41, 5.74) is 6.51. The van der Waals surface area contributed by atoms with Crippen LogP contribution in [0.25, 0.3) is 22.2 Å². The molecule has 18 heavy (non-hydrogen) atoms. The standard InChI is InChI=1S/C17H17N/c1-3-13-10-7-11-15-12(2)16(18-17(13)15)14-8-5-4-6-9-14/h4-11,18H,3H2,1-2H3. The molecule has 0 aliphatic carbocycles. The van der Waals surface area contributed by atoms with Crippen LogP contribution in [0.15, 0.2) is 48.5 Å². The van der Waals surface area contributed by atoms with Crippen LogP contribution >= 0.6 is 0 Å². The predicted molar refractivity (Wildman–Crippen MR) is 77.8 cm³/mol. The van der Waals surface area contributed by atoms with E-state index in [0.29, 0.717) is 0 Å². The minimum absolute atomic E-state index is 1.06. The van der Waals surface area contributed by atoms with Gasteiger partial charge in [-0.3, -0.25) is 0 Å². The summed E-state index contributed by atoms with van der Waals surface area (Å²) in [5, 5.41) is 1.34. The van der Waals surface area contributed by atoms with Gasteiger partial charge in [-0.15, -0.1) is 0 Å². The Morgan fingerprint density at radius 2 is 1.72 bits per heavy atom. The number of aromatic nitrogens is 1. The van der Waals surface area contributed by atoms with Gasteiger partial charge in [0.2, 0.25) is 0 Å². The van der Waals surface area contributed by atoms with Gasteiger partial charge in [0.1, 0.15) is 0 Å². The molecule has 0 aliphatic rings. The molecule has 0 amide bonds. The highest BCUT2D eigenvalue weighted by molar-refractivity contribution is 5.92. The van der Waals surface area contributed by atoms with Gasteiger partial charge in [0, 0.05) is 16.6 Å². The molecule has 0 saturated heterocycles. The summed E-state index contributed by atoms with van der Waals surface area (Å²) in [4.78, 5) is 3.60. The number of benzene rings is 2. The third-order valence-corrected chi connectivity index (χ3v) is 3.62. The average Bonchev–Trinajstić information content (AvgIpc) is 2.77. The lowest BCUT2D eigenvalue weighted by molar-refractivity contribution is 1.15. The second-order valence-electron chi connectivity index (χ2n) is 4.68. The molecular weight excluding hydrogens is 218 g/mol. The molecule has 0 spiro atoms. The van der Waals surface area contributed by atoms with Gasteiger partial charge in [-0.05, 0) is 30.0 Å². The molecule has 3 rings (SSSR count). The molecule has 0 fully saturated rings. The van der Waals surface area contributed by atoms with Gasteiger partial charge in [0.15, 0.2) is 0 Å². The summed E-state index contributed by atoms with van der Waals surface area (Å²) in [6.07, 6.45) is 1.06. The molecule has 90 valence electrons. The predicted octanol–water partition coefficient (Wildman–Crippen LogP) is 4.71. The van der Waals surface area contributed by atoms with E-state index >= 15 is 0 Å². The maximum absolute atomic E-state index is 3.60. The Morgan fingerprint density at radius 3 is 2.44 bits per heavy atom. The summed E-state index contributed by atoms with van der Waals surface area (Å²) >= 11 is 0. The molecule has 3 aromatic rings. The zero-order valence-electron chi connectivity index (χ0n) is 10.8. The Hall–Kier alpha value is -2.02. The van der Waals surface area contributed by atoms with Crippen LogP contribution < -0.4 is 0 Å². The summed E-state index contributed by atoms with van der Waals surface area (Å²) in [7, 11) is 0. The van der Waals surface area contributed by atoms with Crippen LogP contribution in [0.3, 0.4) is 0 Å². The largest absolute Gasteiger partial charge is 0.354 e. The zero-order chi connectivity index (χ0) is 12.5. The van der Waals surface area contributed by atoms with Crippen LogP contribution in [0.5, 0.6) is 0 Å². The molecule has 0 saturated carbocycles. The molecule has 1 aromatic heterocycles. The Bertz CT molecular complexity index is 677. The number of H-pyrrole nitrogens is 1. The highest BCUT2D eigenvalue weighted by atomic mass is 14.7. The number of para-hydroxylation sites is 1. The topological polar surface area (TPSA) is 15.8 Å². The Morgan fingerprint density at radius 1 is 0.944 bits per heavy atom. The van der Waals surface area contributed by atoms with E-state index in [1.54, 1.807) is 0 Å². The molecule has 0 aliphatic heterocycles. The quantitative estimate of drug-likeness (QED) is 0.662. The normalized spacial score (nSPS) is 11.0. The second-order valence-corrected chi connectivity index (χ2v) is 4.68. The summed E-state index contributed by atoms with van der Waals surface area (Å²) in [6, 6.07) is 17.1. The molecule has 0 atom stereocenters. The fraction of sp³-hybridized carbons (Fsp3) is 0.176. The van der Waals surface area contributed by atoms with Crippen LogP contribution in [0, 0.1) is 6.92 Å². The summed E-state index contributed by atoms with van der Waals surface area (Å²) in [5.74, 6) is 0. The fourth-order valence-electron chi connectivity index (χ4n) is 2.60. The zero-order valence-corrected chi connectivity index (χ0v) is 10.8. The first kappa shape index (κ1) is 11.1. The number of hydrogen-bond donors (Lipinski definition) is 1. The van der Waals surface area contributed by atoms with Crippen molar-refractivity contribution in [2.24, 2.45) is 0 Å². The van der Waals surface area contributed by atoms with Gasteiger partial charge in [0.25, 0.3) is 0 Å². The van der Waals surface area contributed by atoms with Crippen molar-refractivity contribution in [3.63, 3.8) is 0 Å². The van der Waals surface area contributed by atoms with E-state index in [9.17, 15) is 0 Å². The number of rotatable bonds is 2. The maximum Gasteiger partial charge on any atom is 0.0494 e. The molecule has 0 unspecified atom stereocenters. The van der Waals surface area contributed by atoms with E-state index in [2.05, 4.69) is 67.4 Å². The van der Waals surface area contributed by atoms with Crippen LogP contribution in [0.4, 0.5) is 0 Å². The molecule has 1 nitrogen and oxygen atoms in total. The second kappa shape index (κ2) is 4.34. The molecule has 1 heteroatoms. The van der Waals surface area contributed by atoms with Crippen molar-refractivity contribution in [2.75, 3.05) is 0 Å². The first-order chi connectivity index (χ1) is 8.81. The van der Waals surface area contributed by atoms with Gasteiger partial charge in [-0.25, -0.2) is 0 Å². The van der Waals surface area contributed by atoms with Crippen LogP contribution in [-0.2, 0) is 6.42 Å². The first-order valence-electron chi connectivity index (χ1n) is 6.47. The number of hydrogen-bond acceptors (Lipinski definition) is 0. The third kappa shape index (κ3) is 1.63. The first-order valence-corrected chi connectivity index (χ1v) is 6.47. The molecule has 0 bridgehead atoms. The van der Waals surface area contributed by atoms with Crippen molar-refractivity contribution in [3.8, 4) is 11.3 Å². The lowest BCUT2D eigenvalue weighted by Crippen LogP contribution is -1.82. The van der Waals surface area contributed by atoms with Gasteiger partial charge in [-0.1, -0.05) is 55.5 Å². The van der Waals surface area contributed by atoms with Gasteiger partial charge < -0.3 is 4.98 Å². The van der Waals surface area contributed by atoms with E-state index in [4.69, 9.17) is 0 Å². The van der Waals surface area contributed by atoms with Gasteiger partial charge >= 0.3 is 0 Å². The smallest absolute Gasteiger partial charge is 0.0494 e. The van der Waals surface area contributed by atoms with Crippen LogP contribution in [0.2, 0.25) is 0 Å². The molecule has 1 heterocycles.